The van der Waals surface area contributed by atoms with Crippen molar-refractivity contribution in [2.45, 2.75) is 12.8 Å². The maximum absolute atomic E-state index is 12.4. The Morgan fingerprint density at radius 3 is 1.89 bits per heavy atom. The molecule has 1 amide bonds. The Morgan fingerprint density at radius 2 is 1.25 bits per heavy atom. The second-order valence-corrected chi connectivity index (χ2v) is 6.17. The molecule has 0 saturated heterocycles. The molecule has 5 nitrogen and oxygen atoms in total. The summed E-state index contributed by atoms with van der Waals surface area (Å²) in [7, 11) is 0. The fraction of sp³-hybridized carbons (Fsp3) is 0.0870. The van der Waals surface area contributed by atoms with Crippen LogP contribution in [0.1, 0.15) is 11.1 Å². The molecule has 5 heteroatoms. The van der Waals surface area contributed by atoms with Crippen molar-refractivity contribution in [1.82, 2.24) is 0 Å². The van der Waals surface area contributed by atoms with Gasteiger partial charge in [-0.3, -0.25) is 14.4 Å². The summed E-state index contributed by atoms with van der Waals surface area (Å²) in [5.74, 6) is -1.07. The highest BCUT2D eigenvalue weighted by Gasteiger charge is 2.15. The van der Waals surface area contributed by atoms with Crippen LogP contribution in [0.2, 0.25) is 0 Å². The first-order valence-electron chi connectivity index (χ1n) is 8.83. The van der Waals surface area contributed by atoms with Gasteiger partial charge in [0.15, 0.2) is 0 Å². The summed E-state index contributed by atoms with van der Waals surface area (Å²) in [5.41, 5.74) is 1.29. The molecule has 28 heavy (non-hydrogen) atoms. The summed E-state index contributed by atoms with van der Waals surface area (Å²) in [6, 6.07) is 24.3. The average Bonchev–Trinajstić information content (AvgIpc) is 2.85. The lowest BCUT2D eigenvalue weighted by atomic mass is 10.1. The largest absolute Gasteiger partial charge is 0.420 e. The molecule has 0 heterocycles. The van der Waals surface area contributed by atoms with Crippen molar-refractivity contribution in [3.8, 4) is 5.75 Å². The summed E-state index contributed by atoms with van der Waals surface area (Å²) in [5, 5.41) is 2.67. The number of carbonyl (C=O) groups excluding carboxylic acids is 2. The van der Waals surface area contributed by atoms with Crippen molar-refractivity contribution < 1.29 is 14.3 Å². The number of ether oxygens (including phenoxy) is 1. The van der Waals surface area contributed by atoms with E-state index in [9.17, 15) is 14.4 Å². The Hall–Kier alpha value is -3.73. The van der Waals surface area contributed by atoms with Gasteiger partial charge in [-0.2, -0.15) is 0 Å². The van der Waals surface area contributed by atoms with E-state index < -0.39 is 11.4 Å². The minimum Gasteiger partial charge on any atom is -0.420 e. The van der Waals surface area contributed by atoms with Crippen LogP contribution in [0.4, 0.5) is 5.69 Å². The highest BCUT2D eigenvalue weighted by Crippen LogP contribution is 2.20. The van der Waals surface area contributed by atoms with Crippen LogP contribution in [-0.4, -0.2) is 11.9 Å². The summed E-state index contributed by atoms with van der Waals surface area (Å²) < 4.78 is 5.33. The van der Waals surface area contributed by atoms with E-state index in [1.54, 1.807) is 18.2 Å². The summed E-state index contributed by atoms with van der Waals surface area (Å²) >= 11 is 0. The molecule has 3 aromatic carbocycles. The molecule has 3 aromatic rings. The van der Waals surface area contributed by atoms with Crippen molar-refractivity contribution in [3.05, 3.63) is 106 Å². The molecule has 0 atom stereocenters. The quantitative estimate of drug-likeness (QED) is 0.673. The van der Waals surface area contributed by atoms with E-state index in [1.165, 1.54) is 18.2 Å². The smallest absolute Gasteiger partial charge is 0.315 e. The number of esters is 1. The van der Waals surface area contributed by atoms with E-state index in [0.717, 1.165) is 11.1 Å². The molecule has 0 aliphatic heterocycles. The number of carbonyl (C=O) groups is 2. The zero-order chi connectivity index (χ0) is 19.8. The molecule has 0 unspecified atom stereocenters. The summed E-state index contributed by atoms with van der Waals surface area (Å²) in [4.78, 5) is 37.0. The Kier molecular flexibility index (Phi) is 6.31. The van der Waals surface area contributed by atoms with E-state index in [-0.39, 0.29) is 30.2 Å². The predicted molar refractivity (Wildman–Crippen MR) is 107 cm³/mol. The molecular weight excluding hydrogens is 354 g/mol. The van der Waals surface area contributed by atoms with Crippen LogP contribution in [0.15, 0.2) is 89.7 Å². The van der Waals surface area contributed by atoms with E-state index in [1.807, 2.05) is 48.5 Å². The summed E-state index contributed by atoms with van der Waals surface area (Å²) in [6.45, 7) is 0. The number of benzene rings is 2. The van der Waals surface area contributed by atoms with Gasteiger partial charge in [0.1, 0.15) is 0 Å². The van der Waals surface area contributed by atoms with Crippen LogP contribution in [0.25, 0.3) is 0 Å². The third-order valence-corrected chi connectivity index (χ3v) is 3.98. The van der Waals surface area contributed by atoms with Crippen molar-refractivity contribution in [3.63, 3.8) is 0 Å². The lowest BCUT2D eigenvalue weighted by Gasteiger charge is -2.09. The van der Waals surface area contributed by atoms with E-state index in [0.29, 0.717) is 0 Å². The minimum atomic E-state index is -0.576. The van der Waals surface area contributed by atoms with Crippen LogP contribution in [0, 0.1) is 0 Å². The van der Waals surface area contributed by atoms with Crippen LogP contribution < -0.4 is 15.5 Å². The molecule has 0 aromatic heterocycles. The second-order valence-electron chi connectivity index (χ2n) is 6.17. The normalized spacial score (nSPS) is 10.1. The zero-order valence-corrected chi connectivity index (χ0v) is 15.1. The molecule has 3 rings (SSSR count). The Morgan fingerprint density at radius 1 is 0.714 bits per heavy atom. The predicted octanol–water partition coefficient (Wildman–Crippen LogP) is 3.38. The lowest BCUT2D eigenvalue weighted by molar-refractivity contribution is -0.133. The topological polar surface area (TPSA) is 72.5 Å². The molecule has 0 aliphatic carbocycles. The van der Waals surface area contributed by atoms with Crippen molar-refractivity contribution >= 4 is 17.6 Å². The standard InChI is InChI=1S/C23H19NO4/c25-20-14-8-7-13-19(24-21(26)15-17-9-3-1-4-10-17)23(20)28-22(27)16-18-11-5-2-6-12-18/h1-14H,15-16H2,(H,24,26). The molecule has 0 saturated carbocycles. The number of rotatable bonds is 6. The van der Waals surface area contributed by atoms with E-state index in [4.69, 9.17) is 4.74 Å². The fourth-order valence-corrected chi connectivity index (χ4v) is 2.67. The highest BCUT2D eigenvalue weighted by molar-refractivity contribution is 5.94. The Balaban J connectivity index is 1.77. The number of amides is 1. The Bertz CT molecular complexity index is 1020. The van der Waals surface area contributed by atoms with Gasteiger partial charge in [0.25, 0.3) is 0 Å². The first-order valence-corrected chi connectivity index (χ1v) is 8.83. The van der Waals surface area contributed by atoms with Crippen LogP contribution in [0.5, 0.6) is 5.75 Å². The first kappa shape index (κ1) is 19.0. The molecule has 140 valence electrons. The van der Waals surface area contributed by atoms with Gasteiger partial charge in [-0.25, -0.2) is 0 Å². The van der Waals surface area contributed by atoms with Crippen LogP contribution in [-0.2, 0) is 22.4 Å². The minimum absolute atomic E-state index is 0.0241. The molecule has 0 fully saturated rings. The first-order chi connectivity index (χ1) is 13.6. The summed E-state index contributed by atoms with van der Waals surface area (Å²) in [6.07, 6.45) is 0.168. The van der Waals surface area contributed by atoms with E-state index >= 15 is 0 Å². The van der Waals surface area contributed by atoms with Gasteiger partial charge in [0.2, 0.25) is 17.1 Å². The van der Waals surface area contributed by atoms with Gasteiger partial charge < -0.3 is 10.1 Å². The number of nitrogens with one attached hydrogen (secondary N) is 1. The van der Waals surface area contributed by atoms with Gasteiger partial charge in [0.05, 0.1) is 18.5 Å². The molecule has 0 spiro atoms. The number of hydrogen-bond donors (Lipinski definition) is 1. The van der Waals surface area contributed by atoms with E-state index in [2.05, 4.69) is 5.32 Å². The molecule has 0 radical (unpaired) electrons. The Labute approximate surface area is 162 Å². The van der Waals surface area contributed by atoms with Gasteiger partial charge >= 0.3 is 5.97 Å². The number of hydrogen-bond acceptors (Lipinski definition) is 4. The highest BCUT2D eigenvalue weighted by atomic mass is 16.5. The van der Waals surface area contributed by atoms with Crippen LogP contribution in [0.3, 0.4) is 0 Å². The fourth-order valence-electron chi connectivity index (χ4n) is 2.67. The molecule has 0 bridgehead atoms. The molecule has 0 aliphatic rings. The van der Waals surface area contributed by atoms with Gasteiger partial charge in [-0.05, 0) is 23.3 Å². The maximum Gasteiger partial charge on any atom is 0.315 e. The van der Waals surface area contributed by atoms with Gasteiger partial charge in [-0.15, -0.1) is 0 Å². The van der Waals surface area contributed by atoms with Crippen molar-refractivity contribution in [2.24, 2.45) is 0 Å². The molecular formula is C23H19NO4. The molecule has 1 N–H and O–H groups in total. The zero-order valence-electron chi connectivity index (χ0n) is 15.1. The third kappa shape index (κ3) is 5.38. The monoisotopic (exact) mass is 373 g/mol. The SMILES string of the molecule is O=C(Cc1ccccc1)Nc1ccccc(=O)c1OC(=O)Cc1ccccc1. The third-order valence-electron chi connectivity index (χ3n) is 3.98. The average molecular weight is 373 g/mol. The lowest BCUT2D eigenvalue weighted by Crippen LogP contribution is -2.20. The van der Waals surface area contributed by atoms with Gasteiger partial charge in [-0.1, -0.05) is 72.8 Å². The van der Waals surface area contributed by atoms with Crippen molar-refractivity contribution in [1.29, 1.82) is 0 Å². The van der Waals surface area contributed by atoms with Crippen molar-refractivity contribution in [2.75, 3.05) is 5.32 Å². The number of anilines is 1. The van der Waals surface area contributed by atoms with Gasteiger partial charge in [0, 0.05) is 0 Å². The second kappa shape index (κ2) is 9.28. The van der Waals surface area contributed by atoms with Crippen LogP contribution >= 0.6 is 0 Å². The maximum atomic E-state index is 12.4.